The van der Waals surface area contributed by atoms with Crippen LogP contribution in [0.2, 0.25) is 0 Å². The van der Waals surface area contributed by atoms with Crippen molar-refractivity contribution >= 4 is 0 Å². The summed E-state index contributed by atoms with van der Waals surface area (Å²) in [5, 5.41) is 3.51. The molecule has 0 radical (unpaired) electrons. The van der Waals surface area contributed by atoms with Gasteiger partial charge in [-0.15, -0.1) is 0 Å². The van der Waals surface area contributed by atoms with Gasteiger partial charge < -0.3 is 15.0 Å². The first-order valence-corrected chi connectivity index (χ1v) is 8.23. The molecule has 3 heteroatoms. The highest BCUT2D eigenvalue weighted by atomic mass is 16.5. The van der Waals surface area contributed by atoms with Gasteiger partial charge >= 0.3 is 0 Å². The van der Waals surface area contributed by atoms with Crippen LogP contribution < -0.4 is 10.1 Å². The molecule has 2 rings (SSSR count). The van der Waals surface area contributed by atoms with Crippen LogP contribution in [0.1, 0.15) is 31.7 Å². The fraction of sp³-hybridized carbons (Fsp3) is 0.667. The lowest BCUT2D eigenvalue weighted by molar-refractivity contribution is 0.191. The number of benzene rings is 1. The second kappa shape index (κ2) is 8.40. The third-order valence-corrected chi connectivity index (χ3v) is 4.71. The minimum Gasteiger partial charge on any atom is -0.497 e. The largest absolute Gasteiger partial charge is 0.497 e. The predicted molar refractivity (Wildman–Crippen MR) is 89.0 cm³/mol. The lowest BCUT2D eigenvalue weighted by Gasteiger charge is -2.31. The van der Waals surface area contributed by atoms with Gasteiger partial charge in [-0.25, -0.2) is 0 Å². The zero-order valence-electron chi connectivity index (χ0n) is 13.8. The quantitative estimate of drug-likeness (QED) is 0.835. The normalized spacial score (nSPS) is 20.5. The van der Waals surface area contributed by atoms with Crippen molar-refractivity contribution in [3.8, 4) is 5.75 Å². The molecule has 0 bridgehead atoms. The Bertz CT molecular complexity index is 398. The molecule has 21 heavy (non-hydrogen) atoms. The first-order chi connectivity index (χ1) is 10.2. The van der Waals surface area contributed by atoms with E-state index >= 15 is 0 Å². The molecule has 3 nitrogen and oxygen atoms in total. The van der Waals surface area contributed by atoms with Crippen molar-refractivity contribution in [1.29, 1.82) is 0 Å². The number of nitrogens with zero attached hydrogens (tertiary/aromatic N) is 1. The highest BCUT2D eigenvalue weighted by Gasteiger charge is 2.17. The highest BCUT2D eigenvalue weighted by Crippen LogP contribution is 2.16. The van der Waals surface area contributed by atoms with Crippen molar-refractivity contribution in [2.75, 3.05) is 33.8 Å². The molecule has 2 atom stereocenters. The molecule has 1 heterocycles. The van der Waals surface area contributed by atoms with Gasteiger partial charge in [0.1, 0.15) is 5.75 Å². The molecule has 1 aromatic carbocycles. The molecule has 1 aromatic rings. The number of piperidine rings is 1. The van der Waals surface area contributed by atoms with E-state index in [0.717, 1.165) is 18.1 Å². The fourth-order valence-corrected chi connectivity index (χ4v) is 3.06. The summed E-state index contributed by atoms with van der Waals surface area (Å²) in [5.74, 6) is 1.76. The summed E-state index contributed by atoms with van der Waals surface area (Å²) in [6, 6.07) is 9.09. The third kappa shape index (κ3) is 5.33. The first-order valence-electron chi connectivity index (χ1n) is 8.23. The molecule has 1 fully saturated rings. The van der Waals surface area contributed by atoms with E-state index in [1.54, 1.807) is 7.11 Å². The summed E-state index contributed by atoms with van der Waals surface area (Å²) in [6.07, 6.45) is 5.06. The molecule has 2 unspecified atom stereocenters. The van der Waals surface area contributed by atoms with Crippen molar-refractivity contribution in [2.45, 2.75) is 38.6 Å². The molecule has 0 saturated carbocycles. The molecule has 1 saturated heterocycles. The van der Waals surface area contributed by atoms with Gasteiger partial charge in [0.15, 0.2) is 0 Å². The summed E-state index contributed by atoms with van der Waals surface area (Å²) in [7, 11) is 3.99. The molecule has 0 aliphatic carbocycles. The first kappa shape index (κ1) is 16.3. The van der Waals surface area contributed by atoms with Crippen molar-refractivity contribution in [1.82, 2.24) is 10.2 Å². The van der Waals surface area contributed by atoms with Crippen LogP contribution in [0, 0.1) is 5.92 Å². The van der Waals surface area contributed by atoms with Gasteiger partial charge in [-0.2, -0.15) is 0 Å². The van der Waals surface area contributed by atoms with Gasteiger partial charge in [-0.3, -0.25) is 0 Å². The van der Waals surface area contributed by atoms with E-state index in [2.05, 4.69) is 48.5 Å². The van der Waals surface area contributed by atoms with E-state index in [0.29, 0.717) is 6.04 Å². The number of nitrogens with one attached hydrogen (secondary N) is 1. The molecule has 0 spiro atoms. The monoisotopic (exact) mass is 290 g/mol. The Morgan fingerprint density at radius 3 is 2.71 bits per heavy atom. The lowest BCUT2D eigenvalue weighted by Crippen LogP contribution is -2.40. The number of hydrogen-bond acceptors (Lipinski definition) is 3. The zero-order chi connectivity index (χ0) is 15.1. The topological polar surface area (TPSA) is 24.5 Å². The van der Waals surface area contributed by atoms with Gasteiger partial charge in [0.25, 0.3) is 0 Å². The summed E-state index contributed by atoms with van der Waals surface area (Å²) in [4.78, 5) is 2.53. The SMILES string of the molecule is COc1ccc(CCC(C)N(C)CC2CCCNC2)cc1. The van der Waals surface area contributed by atoms with Gasteiger partial charge in [0.2, 0.25) is 0 Å². The number of hydrogen-bond donors (Lipinski definition) is 1. The zero-order valence-corrected chi connectivity index (χ0v) is 13.8. The van der Waals surface area contributed by atoms with Crippen LogP contribution in [0.4, 0.5) is 0 Å². The minimum absolute atomic E-state index is 0.633. The lowest BCUT2D eigenvalue weighted by atomic mass is 9.98. The molecule has 0 amide bonds. The highest BCUT2D eigenvalue weighted by molar-refractivity contribution is 5.27. The molecule has 1 N–H and O–H groups in total. The van der Waals surface area contributed by atoms with Gasteiger partial charge in [0, 0.05) is 12.6 Å². The Balaban J connectivity index is 1.73. The molecule has 118 valence electrons. The van der Waals surface area contributed by atoms with Crippen LogP contribution in [-0.4, -0.2) is 44.7 Å². The van der Waals surface area contributed by atoms with Crippen molar-refractivity contribution in [2.24, 2.45) is 5.92 Å². The van der Waals surface area contributed by atoms with Crippen LogP contribution in [0.5, 0.6) is 5.75 Å². The molecular formula is C18H30N2O. The van der Waals surface area contributed by atoms with Crippen LogP contribution in [0.15, 0.2) is 24.3 Å². The predicted octanol–water partition coefficient (Wildman–Crippen LogP) is 2.95. The summed E-state index contributed by atoms with van der Waals surface area (Å²) in [6.45, 7) is 5.96. The van der Waals surface area contributed by atoms with E-state index in [1.807, 2.05) is 0 Å². The Morgan fingerprint density at radius 1 is 1.33 bits per heavy atom. The number of methoxy groups -OCH3 is 1. The van der Waals surface area contributed by atoms with E-state index in [9.17, 15) is 0 Å². The average molecular weight is 290 g/mol. The third-order valence-electron chi connectivity index (χ3n) is 4.71. The minimum atomic E-state index is 0.633. The molecule has 1 aliphatic rings. The molecular weight excluding hydrogens is 260 g/mol. The second-order valence-electron chi connectivity index (χ2n) is 6.39. The summed E-state index contributed by atoms with van der Waals surface area (Å²) >= 11 is 0. The van der Waals surface area contributed by atoms with E-state index in [1.165, 1.54) is 44.5 Å². The Kier molecular flexibility index (Phi) is 6.52. The van der Waals surface area contributed by atoms with Gasteiger partial charge in [0.05, 0.1) is 7.11 Å². The van der Waals surface area contributed by atoms with Crippen LogP contribution in [0.25, 0.3) is 0 Å². The van der Waals surface area contributed by atoms with Crippen LogP contribution in [0.3, 0.4) is 0 Å². The number of aryl methyl sites for hydroxylation is 1. The molecule has 0 aromatic heterocycles. The summed E-state index contributed by atoms with van der Waals surface area (Å²) < 4.78 is 5.20. The second-order valence-corrected chi connectivity index (χ2v) is 6.39. The standard InChI is InChI=1S/C18H30N2O/c1-15(20(2)14-17-5-4-12-19-13-17)6-7-16-8-10-18(21-3)11-9-16/h8-11,15,17,19H,4-7,12-14H2,1-3H3. The maximum Gasteiger partial charge on any atom is 0.118 e. The van der Waals surface area contributed by atoms with E-state index < -0.39 is 0 Å². The Labute approximate surface area is 129 Å². The maximum absolute atomic E-state index is 5.20. The average Bonchev–Trinajstić information content (AvgIpc) is 2.54. The Hall–Kier alpha value is -1.06. The number of ether oxygens (including phenoxy) is 1. The van der Waals surface area contributed by atoms with Crippen molar-refractivity contribution in [3.05, 3.63) is 29.8 Å². The summed E-state index contributed by atoms with van der Waals surface area (Å²) in [5.41, 5.74) is 1.40. The smallest absolute Gasteiger partial charge is 0.118 e. The van der Waals surface area contributed by atoms with Crippen molar-refractivity contribution < 1.29 is 4.74 Å². The van der Waals surface area contributed by atoms with Crippen LogP contribution in [-0.2, 0) is 6.42 Å². The Morgan fingerprint density at radius 2 is 2.10 bits per heavy atom. The van der Waals surface area contributed by atoms with Crippen molar-refractivity contribution in [3.63, 3.8) is 0 Å². The number of rotatable bonds is 7. The van der Waals surface area contributed by atoms with Crippen LogP contribution >= 0.6 is 0 Å². The van der Waals surface area contributed by atoms with E-state index in [-0.39, 0.29) is 0 Å². The van der Waals surface area contributed by atoms with E-state index in [4.69, 9.17) is 4.74 Å². The van der Waals surface area contributed by atoms with Gasteiger partial charge in [-0.05, 0) is 76.4 Å². The molecule has 1 aliphatic heterocycles. The fourth-order valence-electron chi connectivity index (χ4n) is 3.06. The maximum atomic E-state index is 5.20. The van der Waals surface area contributed by atoms with Gasteiger partial charge in [-0.1, -0.05) is 12.1 Å².